The van der Waals surface area contributed by atoms with Gasteiger partial charge in [-0.15, -0.1) is 0 Å². The van der Waals surface area contributed by atoms with Crippen LogP contribution in [-0.2, 0) is 21.4 Å². The van der Waals surface area contributed by atoms with Crippen molar-refractivity contribution in [3.05, 3.63) is 72.8 Å². The van der Waals surface area contributed by atoms with Crippen molar-refractivity contribution in [1.82, 2.24) is 4.57 Å². The molecule has 7 heteroatoms. The highest BCUT2D eigenvalue weighted by molar-refractivity contribution is 7.92. The summed E-state index contributed by atoms with van der Waals surface area (Å²) < 4.78 is 28.2. The number of nitrogens with one attached hydrogen (secondary N) is 1. The van der Waals surface area contributed by atoms with Crippen LogP contribution in [0.3, 0.4) is 0 Å². The number of benzene rings is 3. The first-order valence-corrected chi connectivity index (χ1v) is 12.0. The van der Waals surface area contributed by atoms with Crippen LogP contribution in [0.1, 0.15) is 13.8 Å². The van der Waals surface area contributed by atoms with E-state index in [1.807, 2.05) is 30.3 Å². The van der Waals surface area contributed by atoms with Crippen molar-refractivity contribution >= 4 is 49.1 Å². The quantitative estimate of drug-likeness (QED) is 0.481. The molecule has 0 radical (unpaired) electrons. The Morgan fingerprint density at radius 1 is 0.968 bits per heavy atom. The summed E-state index contributed by atoms with van der Waals surface area (Å²) >= 11 is 0. The van der Waals surface area contributed by atoms with E-state index in [0.717, 1.165) is 38.9 Å². The molecule has 3 aromatic carbocycles. The first kappa shape index (κ1) is 20.9. The molecule has 6 nitrogen and oxygen atoms in total. The molecule has 0 aliphatic rings. The Morgan fingerprint density at radius 2 is 1.61 bits per heavy atom. The standard InChI is InChI=1S/C24H25N3O3S/c1-4-26-22-13-9-8-12-20(22)21-16-18(14-15-23(21)26)25-24(28)17(2)27(31(3,29)30)19-10-6-5-7-11-19/h5-17H,4H2,1-3H3,(H,25,28)/t17-/m1/s1. The molecule has 0 bridgehead atoms. The van der Waals surface area contributed by atoms with Crippen LogP contribution in [0.2, 0.25) is 0 Å². The molecular weight excluding hydrogens is 410 g/mol. The van der Waals surface area contributed by atoms with Gasteiger partial charge in [0, 0.05) is 34.0 Å². The number of hydrogen-bond acceptors (Lipinski definition) is 3. The Morgan fingerprint density at radius 3 is 2.29 bits per heavy atom. The SMILES string of the molecule is CCn1c2ccccc2c2cc(NC(=O)[C@@H](C)N(c3ccccc3)S(C)(=O)=O)ccc21. The maximum Gasteiger partial charge on any atom is 0.247 e. The van der Waals surface area contributed by atoms with E-state index in [2.05, 4.69) is 28.9 Å². The average Bonchev–Trinajstić information content (AvgIpc) is 3.06. The molecule has 0 fully saturated rings. The van der Waals surface area contributed by atoms with Crippen LogP contribution in [0.15, 0.2) is 72.8 Å². The number of fused-ring (bicyclic) bond motifs is 3. The fourth-order valence-corrected chi connectivity index (χ4v) is 5.28. The van der Waals surface area contributed by atoms with Gasteiger partial charge in [-0.3, -0.25) is 9.10 Å². The minimum Gasteiger partial charge on any atom is -0.341 e. The Bertz CT molecular complexity index is 1360. The van der Waals surface area contributed by atoms with Crippen molar-refractivity contribution in [2.45, 2.75) is 26.4 Å². The van der Waals surface area contributed by atoms with Crippen LogP contribution in [0.5, 0.6) is 0 Å². The van der Waals surface area contributed by atoms with Crippen molar-refractivity contribution in [3.63, 3.8) is 0 Å². The highest BCUT2D eigenvalue weighted by Crippen LogP contribution is 2.31. The van der Waals surface area contributed by atoms with Crippen LogP contribution in [-0.4, -0.2) is 31.2 Å². The minimum absolute atomic E-state index is 0.396. The average molecular weight is 436 g/mol. The molecule has 1 aromatic heterocycles. The fourth-order valence-electron chi connectivity index (χ4n) is 4.10. The van der Waals surface area contributed by atoms with Gasteiger partial charge in [-0.25, -0.2) is 8.42 Å². The predicted octanol–water partition coefficient (Wildman–Crippen LogP) is 4.61. The largest absolute Gasteiger partial charge is 0.341 e. The third-order valence-corrected chi connectivity index (χ3v) is 6.70. The van der Waals surface area contributed by atoms with Gasteiger partial charge in [0.1, 0.15) is 6.04 Å². The van der Waals surface area contributed by atoms with Crippen molar-refractivity contribution in [1.29, 1.82) is 0 Å². The van der Waals surface area contributed by atoms with Crippen molar-refractivity contribution in [2.75, 3.05) is 15.9 Å². The van der Waals surface area contributed by atoms with Crippen LogP contribution in [0.25, 0.3) is 21.8 Å². The third kappa shape index (κ3) is 3.88. The Hall–Kier alpha value is -3.32. The van der Waals surface area contributed by atoms with Gasteiger partial charge in [0.15, 0.2) is 0 Å². The van der Waals surface area contributed by atoms with E-state index in [9.17, 15) is 13.2 Å². The lowest BCUT2D eigenvalue weighted by Gasteiger charge is -2.28. The zero-order valence-electron chi connectivity index (χ0n) is 17.7. The molecular formula is C24H25N3O3S. The summed E-state index contributed by atoms with van der Waals surface area (Å²) in [6, 6.07) is 21.7. The lowest BCUT2D eigenvalue weighted by molar-refractivity contribution is -0.116. The molecule has 160 valence electrons. The van der Waals surface area contributed by atoms with Crippen molar-refractivity contribution in [2.24, 2.45) is 0 Å². The Labute approximate surface area is 182 Å². The monoisotopic (exact) mass is 435 g/mol. The number of amides is 1. The number of carbonyl (C=O) groups is 1. The Balaban J connectivity index is 1.68. The lowest BCUT2D eigenvalue weighted by atomic mass is 10.1. The number of nitrogens with zero attached hydrogens (tertiary/aromatic N) is 2. The molecule has 0 unspecified atom stereocenters. The first-order valence-electron chi connectivity index (χ1n) is 10.2. The van der Waals surface area contributed by atoms with Gasteiger partial charge in [-0.05, 0) is 50.2 Å². The van der Waals surface area contributed by atoms with Gasteiger partial charge < -0.3 is 9.88 Å². The lowest BCUT2D eigenvalue weighted by Crippen LogP contribution is -2.45. The van der Waals surface area contributed by atoms with Gasteiger partial charge in [-0.2, -0.15) is 0 Å². The molecule has 1 N–H and O–H groups in total. The second-order valence-corrected chi connectivity index (χ2v) is 9.41. The summed E-state index contributed by atoms with van der Waals surface area (Å²) in [5.74, 6) is -0.396. The summed E-state index contributed by atoms with van der Waals surface area (Å²) in [4.78, 5) is 13.0. The number of para-hydroxylation sites is 2. The molecule has 0 aliphatic heterocycles. The maximum absolute atomic E-state index is 13.0. The number of aromatic nitrogens is 1. The van der Waals surface area contributed by atoms with Gasteiger partial charge in [-0.1, -0.05) is 36.4 Å². The summed E-state index contributed by atoms with van der Waals surface area (Å²) in [6.07, 6.45) is 1.11. The molecule has 4 aromatic rings. The van der Waals surface area contributed by atoms with Crippen LogP contribution in [0.4, 0.5) is 11.4 Å². The topological polar surface area (TPSA) is 71.4 Å². The summed E-state index contributed by atoms with van der Waals surface area (Å²) in [6.45, 7) is 4.53. The van der Waals surface area contributed by atoms with E-state index in [1.165, 1.54) is 0 Å². The van der Waals surface area contributed by atoms with E-state index in [-0.39, 0.29) is 0 Å². The van der Waals surface area contributed by atoms with E-state index in [4.69, 9.17) is 0 Å². The summed E-state index contributed by atoms with van der Waals surface area (Å²) in [7, 11) is -3.65. The van der Waals surface area contributed by atoms with Gasteiger partial charge in [0.25, 0.3) is 0 Å². The van der Waals surface area contributed by atoms with Gasteiger partial charge in [0.05, 0.1) is 11.9 Å². The van der Waals surface area contributed by atoms with E-state index in [1.54, 1.807) is 37.3 Å². The van der Waals surface area contributed by atoms with Crippen LogP contribution >= 0.6 is 0 Å². The summed E-state index contributed by atoms with van der Waals surface area (Å²) in [5, 5.41) is 5.06. The molecule has 1 amide bonds. The molecule has 4 rings (SSSR count). The summed E-state index contributed by atoms with van der Waals surface area (Å²) in [5.41, 5.74) is 3.32. The highest BCUT2D eigenvalue weighted by atomic mass is 32.2. The zero-order valence-corrected chi connectivity index (χ0v) is 18.6. The maximum atomic E-state index is 13.0. The highest BCUT2D eigenvalue weighted by Gasteiger charge is 2.29. The predicted molar refractivity (Wildman–Crippen MR) is 127 cm³/mol. The number of anilines is 2. The Kier molecular flexibility index (Phi) is 5.45. The molecule has 0 saturated heterocycles. The van der Waals surface area contributed by atoms with Crippen LogP contribution < -0.4 is 9.62 Å². The molecule has 31 heavy (non-hydrogen) atoms. The number of hydrogen-bond donors (Lipinski definition) is 1. The fraction of sp³-hybridized carbons (Fsp3) is 0.208. The number of aryl methyl sites for hydroxylation is 1. The van der Waals surface area contributed by atoms with E-state index in [0.29, 0.717) is 11.4 Å². The normalized spacial score (nSPS) is 12.7. The second kappa shape index (κ2) is 8.07. The van der Waals surface area contributed by atoms with E-state index < -0.39 is 22.0 Å². The van der Waals surface area contributed by atoms with E-state index >= 15 is 0 Å². The molecule has 1 atom stereocenters. The van der Waals surface area contributed by atoms with Crippen molar-refractivity contribution in [3.8, 4) is 0 Å². The van der Waals surface area contributed by atoms with Gasteiger partial charge >= 0.3 is 0 Å². The minimum atomic E-state index is -3.65. The van der Waals surface area contributed by atoms with Crippen molar-refractivity contribution < 1.29 is 13.2 Å². The third-order valence-electron chi connectivity index (χ3n) is 5.46. The zero-order chi connectivity index (χ0) is 22.2. The molecule has 0 saturated carbocycles. The van der Waals surface area contributed by atoms with Gasteiger partial charge in [0.2, 0.25) is 15.9 Å². The molecule has 0 aliphatic carbocycles. The number of rotatable bonds is 6. The molecule has 1 heterocycles. The second-order valence-electron chi connectivity index (χ2n) is 7.55. The number of sulfonamides is 1. The number of carbonyl (C=O) groups excluding carboxylic acids is 1. The first-order chi connectivity index (χ1) is 14.8. The smallest absolute Gasteiger partial charge is 0.247 e. The van der Waals surface area contributed by atoms with Crippen LogP contribution in [0, 0.1) is 0 Å². The molecule has 0 spiro atoms.